The van der Waals surface area contributed by atoms with Crippen LogP contribution in [0.3, 0.4) is 0 Å². The van der Waals surface area contributed by atoms with Crippen LogP contribution in [0, 0.1) is 0 Å². The van der Waals surface area contributed by atoms with Crippen LogP contribution in [0.15, 0.2) is 103 Å². The summed E-state index contributed by atoms with van der Waals surface area (Å²) in [5.74, 6) is -0.223. The van der Waals surface area contributed by atoms with Crippen LogP contribution in [-0.2, 0) is 16.0 Å². The molecule has 38 heavy (non-hydrogen) atoms. The highest BCUT2D eigenvalue weighted by atomic mass is 32.1. The molecule has 0 spiro atoms. The lowest BCUT2D eigenvalue weighted by Gasteiger charge is -2.30. The van der Waals surface area contributed by atoms with Gasteiger partial charge in [-0.3, -0.25) is 9.20 Å². The first-order chi connectivity index (χ1) is 18.8. The number of fused-ring (bicyclic) bond motifs is 1. The summed E-state index contributed by atoms with van der Waals surface area (Å²) in [7, 11) is 0. The van der Waals surface area contributed by atoms with E-state index in [-0.39, 0.29) is 17.9 Å². The molecule has 6 heteroatoms. The Bertz CT molecular complexity index is 1440. The molecular weight excluding hydrogens is 490 g/mol. The number of carbonyl (C=O) groups excluding carboxylic acids is 1. The van der Waals surface area contributed by atoms with Gasteiger partial charge in [0.05, 0.1) is 17.7 Å². The van der Waals surface area contributed by atoms with Crippen molar-refractivity contribution in [1.29, 1.82) is 0 Å². The van der Waals surface area contributed by atoms with Crippen molar-refractivity contribution in [3.8, 4) is 11.3 Å². The minimum Gasteiger partial charge on any atom is -0.376 e. The molecule has 0 N–H and O–H groups in total. The Morgan fingerprint density at radius 2 is 1.63 bits per heavy atom. The second kappa shape index (κ2) is 11.3. The van der Waals surface area contributed by atoms with Crippen molar-refractivity contribution in [1.82, 2.24) is 14.3 Å². The number of hydrogen-bond acceptors (Lipinski definition) is 4. The molecule has 0 radical (unpaired) electrons. The Morgan fingerprint density at radius 1 is 0.974 bits per heavy atom. The summed E-state index contributed by atoms with van der Waals surface area (Å²) in [6.07, 6.45) is 5.00. The molecule has 0 aliphatic carbocycles. The van der Waals surface area contributed by atoms with Crippen LogP contribution in [0.5, 0.6) is 0 Å². The van der Waals surface area contributed by atoms with Crippen LogP contribution in [0.1, 0.15) is 35.6 Å². The van der Waals surface area contributed by atoms with E-state index in [1.54, 1.807) is 11.3 Å². The molecule has 5 aromatic rings. The van der Waals surface area contributed by atoms with Crippen molar-refractivity contribution in [2.45, 2.75) is 31.3 Å². The molecule has 5 nitrogen and oxygen atoms in total. The number of aromatic nitrogens is 2. The van der Waals surface area contributed by atoms with Crippen molar-refractivity contribution in [2.24, 2.45) is 0 Å². The first kappa shape index (κ1) is 24.6. The fourth-order valence-corrected chi connectivity index (χ4v) is 6.19. The van der Waals surface area contributed by atoms with Gasteiger partial charge in [0.15, 0.2) is 4.96 Å². The largest absolute Gasteiger partial charge is 0.376 e. The van der Waals surface area contributed by atoms with E-state index < -0.39 is 0 Å². The van der Waals surface area contributed by atoms with Crippen molar-refractivity contribution in [3.63, 3.8) is 0 Å². The number of benzene rings is 3. The van der Waals surface area contributed by atoms with E-state index in [0.29, 0.717) is 13.1 Å². The third kappa shape index (κ3) is 5.28. The molecule has 1 saturated heterocycles. The maximum atomic E-state index is 14.3. The van der Waals surface area contributed by atoms with Crippen molar-refractivity contribution < 1.29 is 9.53 Å². The quantitative estimate of drug-likeness (QED) is 0.224. The van der Waals surface area contributed by atoms with E-state index >= 15 is 0 Å². The number of ether oxygens (including phenoxy) is 1. The third-order valence-electron chi connectivity index (χ3n) is 7.26. The average Bonchev–Trinajstić information content (AvgIpc) is 3.72. The molecule has 1 unspecified atom stereocenters. The third-order valence-corrected chi connectivity index (χ3v) is 8.15. The van der Waals surface area contributed by atoms with Gasteiger partial charge in [0.25, 0.3) is 0 Å². The molecule has 3 aromatic carbocycles. The van der Waals surface area contributed by atoms with Crippen LogP contribution in [0.25, 0.3) is 16.2 Å². The maximum Gasteiger partial charge on any atom is 0.234 e. The second-order valence-corrected chi connectivity index (χ2v) is 10.6. The van der Waals surface area contributed by atoms with Crippen molar-refractivity contribution >= 4 is 22.2 Å². The lowest BCUT2D eigenvalue weighted by Crippen LogP contribution is -2.41. The number of nitrogens with zero attached hydrogens (tertiary/aromatic N) is 3. The fourth-order valence-electron chi connectivity index (χ4n) is 5.28. The summed E-state index contributed by atoms with van der Waals surface area (Å²) in [4.78, 5) is 22.1. The predicted octanol–water partition coefficient (Wildman–Crippen LogP) is 6.45. The Kier molecular flexibility index (Phi) is 7.33. The Hall–Kier alpha value is -3.74. The first-order valence-corrected chi connectivity index (χ1v) is 14.2. The van der Waals surface area contributed by atoms with Crippen molar-refractivity contribution in [3.05, 3.63) is 119 Å². The normalized spacial score (nSPS) is 15.3. The highest BCUT2D eigenvalue weighted by Crippen LogP contribution is 2.29. The molecule has 192 valence electrons. The molecule has 1 atom stereocenters. The molecule has 1 amide bonds. The summed E-state index contributed by atoms with van der Waals surface area (Å²) in [5, 5.41) is 2.16. The monoisotopic (exact) mass is 521 g/mol. The lowest BCUT2D eigenvalue weighted by atomic mass is 9.89. The minimum atomic E-state index is -0.348. The first-order valence-electron chi connectivity index (χ1n) is 13.3. The van der Waals surface area contributed by atoms with Gasteiger partial charge in [0.2, 0.25) is 5.91 Å². The van der Waals surface area contributed by atoms with Gasteiger partial charge in [0, 0.05) is 49.0 Å². The SMILES string of the molecule is O=C(C(c1ccccc1)c1ccccc1)N(CCc1csc2nc(-c3ccccc3)cn12)CC1CCCO1. The van der Waals surface area contributed by atoms with Crippen LogP contribution in [0.2, 0.25) is 0 Å². The maximum absolute atomic E-state index is 14.3. The number of amides is 1. The number of imidazole rings is 1. The molecule has 6 rings (SSSR count). The molecule has 1 aliphatic rings. The standard InChI is InChI=1S/C32H31N3O2S/c36-31(30(25-13-6-2-7-14-25)26-15-8-3-9-16-26)34(21-28-17-10-20-37-28)19-18-27-23-38-32-33-29(22-35(27)32)24-11-4-1-5-12-24/h1-9,11-16,22-23,28,30H,10,17-21H2. The Morgan fingerprint density at radius 3 is 2.26 bits per heavy atom. The van der Waals surface area contributed by atoms with Crippen molar-refractivity contribution in [2.75, 3.05) is 19.7 Å². The van der Waals surface area contributed by atoms with Gasteiger partial charge in [-0.15, -0.1) is 11.3 Å². The van der Waals surface area contributed by atoms with Crippen LogP contribution in [-0.4, -0.2) is 46.0 Å². The molecule has 1 fully saturated rings. The van der Waals surface area contributed by atoms with Gasteiger partial charge in [-0.05, 0) is 24.0 Å². The number of hydrogen-bond donors (Lipinski definition) is 0. The van der Waals surface area contributed by atoms with Gasteiger partial charge in [0.1, 0.15) is 0 Å². The molecule has 2 aromatic heterocycles. The van der Waals surface area contributed by atoms with E-state index in [4.69, 9.17) is 9.72 Å². The lowest BCUT2D eigenvalue weighted by molar-refractivity contribution is -0.133. The molecule has 3 heterocycles. The zero-order valence-corrected chi connectivity index (χ0v) is 22.1. The molecule has 0 saturated carbocycles. The Labute approximate surface area is 227 Å². The zero-order chi connectivity index (χ0) is 25.7. The van der Waals surface area contributed by atoms with Crippen LogP contribution >= 0.6 is 11.3 Å². The van der Waals surface area contributed by atoms with Gasteiger partial charge < -0.3 is 9.64 Å². The van der Waals surface area contributed by atoms with Crippen LogP contribution in [0.4, 0.5) is 0 Å². The summed E-state index contributed by atoms with van der Waals surface area (Å²) in [5.41, 5.74) is 5.28. The predicted molar refractivity (Wildman–Crippen MR) is 152 cm³/mol. The number of thiazole rings is 1. The van der Waals surface area contributed by atoms with Gasteiger partial charge in [-0.25, -0.2) is 4.98 Å². The Balaban J connectivity index is 1.28. The van der Waals surface area contributed by atoms with E-state index in [2.05, 4.69) is 52.4 Å². The zero-order valence-electron chi connectivity index (χ0n) is 21.3. The summed E-state index contributed by atoms with van der Waals surface area (Å²) in [6, 6.07) is 30.5. The smallest absolute Gasteiger partial charge is 0.234 e. The molecular formula is C32H31N3O2S. The van der Waals surface area contributed by atoms with E-state index in [1.807, 2.05) is 59.5 Å². The molecule has 0 bridgehead atoms. The summed E-state index contributed by atoms with van der Waals surface area (Å²) >= 11 is 1.65. The van der Waals surface area contributed by atoms with Gasteiger partial charge >= 0.3 is 0 Å². The summed E-state index contributed by atoms with van der Waals surface area (Å²) in [6.45, 7) is 2.01. The topological polar surface area (TPSA) is 46.8 Å². The summed E-state index contributed by atoms with van der Waals surface area (Å²) < 4.78 is 8.15. The highest BCUT2D eigenvalue weighted by molar-refractivity contribution is 7.15. The van der Waals surface area contributed by atoms with E-state index in [9.17, 15) is 4.79 Å². The van der Waals surface area contributed by atoms with E-state index in [1.165, 1.54) is 5.69 Å². The minimum absolute atomic E-state index is 0.0894. The second-order valence-electron chi connectivity index (χ2n) is 9.80. The van der Waals surface area contributed by atoms with E-state index in [0.717, 1.165) is 53.2 Å². The molecule has 1 aliphatic heterocycles. The highest BCUT2D eigenvalue weighted by Gasteiger charge is 2.30. The fraction of sp³-hybridized carbons (Fsp3) is 0.250. The number of rotatable bonds is 9. The van der Waals surface area contributed by atoms with Gasteiger partial charge in [-0.2, -0.15) is 0 Å². The average molecular weight is 522 g/mol. The van der Waals surface area contributed by atoms with Crippen LogP contribution < -0.4 is 0 Å². The van der Waals surface area contributed by atoms with Gasteiger partial charge in [-0.1, -0.05) is 91.0 Å². The number of carbonyl (C=O) groups is 1.